The van der Waals surface area contributed by atoms with E-state index in [1.807, 2.05) is 0 Å². The largest absolute Gasteiger partial charge is 0.304 e. The monoisotopic (exact) mass is 354 g/mol. The second-order valence-corrected chi connectivity index (χ2v) is 8.71. The molecule has 150 valence electrons. The van der Waals surface area contributed by atoms with Gasteiger partial charge in [-0.15, -0.1) is 0 Å². The molecule has 4 heteroatoms. The summed E-state index contributed by atoms with van der Waals surface area (Å²) in [7, 11) is 6.53. The number of hydrogen-bond acceptors (Lipinski definition) is 4. The van der Waals surface area contributed by atoms with Crippen molar-refractivity contribution >= 4 is 0 Å². The number of nitrogens with zero attached hydrogens (tertiary/aromatic N) is 4. The maximum Gasteiger partial charge on any atom is 0.0110 e. The van der Waals surface area contributed by atoms with Gasteiger partial charge in [0.2, 0.25) is 0 Å². The maximum absolute atomic E-state index is 2.49. The van der Waals surface area contributed by atoms with Crippen molar-refractivity contribution in [2.24, 2.45) is 11.8 Å². The van der Waals surface area contributed by atoms with Crippen LogP contribution in [0.3, 0.4) is 0 Å². The minimum absolute atomic E-state index is 1.02. The van der Waals surface area contributed by atoms with Crippen LogP contribution in [0.5, 0.6) is 0 Å². The molecule has 1 aliphatic carbocycles. The Hall–Kier alpha value is -0.160. The van der Waals surface area contributed by atoms with Gasteiger partial charge >= 0.3 is 0 Å². The van der Waals surface area contributed by atoms with Gasteiger partial charge in [0.05, 0.1) is 0 Å². The fourth-order valence-electron chi connectivity index (χ4n) is 3.50. The number of piperazine rings is 2. The summed E-state index contributed by atoms with van der Waals surface area (Å²) < 4.78 is 0. The van der Waals surface area contributed by atoms with E-state index in [-0.39, 0.29) is 0 Å². The molecule has 0 unspecified atom stereocenters. The van der Waals surface area contributed by atoms with Gasteiger partial charge in [-0.3, -0.25) is 0 Å². The zero-order valence-corrected chi connectivity index (χ0v) is 18.1. The minimum Gasteiger partial charge on any atom is -0.304 e. The van der Waals surface area contributed by atoms with E-state index in [1.54, 1.807) is 0 Å². The Morgan fingerprint density at radius 1 is 0.560 bits per heavy atom. The van der Waals surface area contributed by atoms with Crippen LogP contribution in [0.1, 0.15) is 46.5 Å². The fraction of sp³-hybridized carbons (Fsp3) is 1.00. The summed E-state index contributed by atoms with van der Waals surface area (Å²) in [6, 6.07) is 0. The van der Waals surface area contributed by atoms with E-state index in [9.17, 15) is 0 Å². The molecule has 0 atom stereocenters. The van der Waals surface area contributed by atoms with Gasteiger partial charge < -0.3 is 19.6 Å². The molecular formula is C21H46N4. The molecule has 3 fully saturated rings. The SMILES string of the molecule is CC1CCC(C)CC1.CCN1CCN(C)CC1.CN1CCN(C)CC1. The van der Waals surface area contributed by atoms with Gasteiger partial charge in [0.1, 0.15) is 0 Å². The molecule has 25 heavy (non-hydrogen) atoms. The van der Waals surface area contributed by atoms with E-state index in [1.165, 1.54) is 84.6 Å². The molecule has 0 amide bonds. The van der Waals surface area contributed by atoms with Crippen LogP contribution in [0.2, 0.25) is 0 Å². The molecule has 2 aliphatic heterocycles. The summed E-state index contributed by atoms with van der Waals surface area (Å²) in [5.74, 6) is 2.04. The highest BCUT2D eigenvalue weighted by Crippen LogP contribution is 2.27. The second-order valence-electron chi connectivity index (χ2n) is 8.71. The lowest BCUT2D eigenvalue weighted by Gasteiger charge is -2.31. The van der Waals surface area contributed by atoms with Crippen LogP contribution < -0.4 is 0 Å². The van der Waals surface area contributed by atoms with Gasteiger partial charge in [-0.05, 0) is 39.5 Å². The maximum atomic E-state index is 2.49. The minimum atomic E-state index is 1.02. The fourth-order valence-corrected chi connectivity index (χ4v) is 3.50. The lowest BCUT2D eigenvalue weighted by molar-refractivity contribution is 0.160. The smallest absolute Gasteiger partial charge is 0.0110 e. The molecule has 0 N–H and O–H groups in total. The third kappa shape index (κ3) is 11.2. The highest BCUT2D eigenvalue weighted by molar-refractivity contribution is 4.67. The molecule has 4 nitrogen and oxygen atoms in total. The second kappa shape index (κ2) is 13.1. The van der Waals surface area contributed by atoms with Gasteiger partial charge in [-0.2, -0.15) is 0 Å². The Morgan fingerprint density at radius 2 is 0.840 bits per heavy atom. The van der Waals surface area contributed by atoms with Crippen LogP contribution in [0.4, 0.5) is 0 Å². The van der Waals surface area contributed by atoms with Crippen LogP contribution in [-0.4, -0.2) is 99.6 Å². The van der Waals surface area contributed by atoms with Crippen LogP contribution in [-0.2, 0) is 0 Å². The molecule has 2 saturated heterocycles. The lowest BCUT2D eigenvalue weighted by atomic mass is 9.84. The summed E-state index contributed by atoms with van der Waals surface area (Å²) in [5.41, 5.74) is 0. The van der Waals surface area contributed by atoms with Gasteiger partial charge in [0.15, 0.2) is 0 Å². The highest BCUT2D eigenvalue weighted by atomic mass is 15.2. The molecule has 0 aromatic heterocycles. The quantitative estimate of drug-likeness (QED) is 0.718. The summed E-state index contributed by atoms with van der Waals surface area (Å²) in [6.45, 7) is 18.1. The molecule has 2 heterocycles. The van der Waals surface area contributed by atoms with Crippen molar-refractivity contribution in [3.05, 3.63) is 0 Å². The van der Waals surface area contributed by atoms with Crippen LogP contribution in [0, 0.1) is 11.8 Å². The molecule has 0 aromatic carbocycles. The Bertz CT molecular complexity index is 259. The van der Waals surface area contributed by atoms with Crippen molar-refractivity contribution in [3.63, 3.8) is 0 Å². The third-order valence-electron chi connectivity index (χ3n) is 6.07. The lowest BCUT2D eigenvalue weighted by Crippen LogP contribution is -2.44. The van der Waals surface area contributed by atoms with E-state index < -0.39 is 0 Å². The van der Waals surface area contributed by atoms with Crippen LogP contribution in [0.25, 0.3) is 0 Å². The van der Waals surface area contributed by atoms with Gasteiger partial charge in [0.25, 0.3) is 0 Å². The Morgan fingerprint density at radius 3 is 1.12 bits per heavy atom. The standard InChI is InChI=1S/C8H16.C7H16N2.C6H14N2/c1-7-3-5-8(2)6-4-7;1-3-9-6-4-8(2)5-7-9;1-7-3-5-8(2)6-4-7/h7-8H,3-6H2,1-2H3;3-7H2,1-2H3;3-6H2,1-2H3. The summed E-state index contributed by atoms with van der Waals surface area (Å²) in [5, 5.41) is 0. The van der Waals surface area contributed by atoms with Crippen molar-refractivity contribution < 1.29 is 0 Å². The topological polar surface area (TPSA) is 13.0 Å². The average molecular weight is 355 g/mol. The molecule has 0 aromatic rings. The first kappa shape index (κ1) is 22.9. The van der Waals surface area contributed by atoms with E-state index in [0.717, 1.165) is 11.8 Å². The summed E-state index contributed by atoms with van der Waals surface area (Å²) in [4.78, 5) is 9.59. The molecule has 0 radical (unpaired) electrons. The van der Waals surface area contributed by atoms with E-state index >= 15 is 0 Å². The van der Waals surface area contributed by atoms with Crippen LogP contribution >= 0.6 is 0 Å². The first-order chi connectivity index (χ1) is 11.9. The Balaban J connectivity index is 0.000000188. The number of hydrogen-bond donors (Lipinski definition) is 0. The first-order valence-corrected chi connectivity index (χ1v) is 10.7. The van der Waals surface area contributed by atoms with Gasteiger partial charge in [0, 0.05) is 52.4 Å². The van der Waals surface area contributed by atoms with Gasteiger partial charge in [-0.1, -0.05) is 46.5 Å². The summed E-state index contributed by atoms with van der Waals surface area (Å²) in [6.07, 6.45) is 5.89. The molecule has 0 bridgehead atoms. The van der Waals surface area contributed by atoms with Crippen molar-refractivity contribution in [2.75, 3.05) is 80.0 Å². The van der Waals surface area contributed by atoms with Crippen molar-refractivity contribution in [1.82, 2.24) is 19.6 Å². The normalized spacial score (nSPS) is 30.0. The zero-order chi connectivity index (χ0) is 18.7. The Labute approximate surface area is 158 Å². The molecule has 0 spiro atoms. The van der Waals surface area contributed by atoms with E-state index in [0.29, 0.717) is 0 Å². The Kier molecular flexibility index (Phi) is 12.0. The number of rotatable bonds is 1. The predicted molar refractivity (Wildman–Crippen MR) is 111 cm³/mol. The summed E-state index contributed by atoms with van der Waals surface area (Å²) >= 11 is 0. The molecule has 1 saturated carbocycles. The van der Waals surface area contributed by atoms with Crippen molar-refractivity contribution in [3.8, 4) is 0 Å². The van der Waals surface area contributed by atoms with Crippen molar-refractivity contribution in [2.45, 2.75) is 46.5 Å². The predicted octanol–water partition coefficient (Wildman–Crippen LogP) is 2.95. The first-order valence-electron chi connectivity index (χ1n) is 10.7. The van der Waals surface area contributed by atoms with Crippen molar-refractivity contribution in [1.29, 1.82) is 0 Å². The van der Waals surface area contributed by atoms with E-state index in [4.69, 9.17) is 0 Å². The van der Waals surface area contributed by atoms with E-state index in [2.05, 4.69) is 61.5 Å². The molecule has 3 rings (SSSR count). The van der Waals surface area contributed by atoms with Gasteiger partial charge in [-0.25, -0.2) is 0 Å². The third-order valence-corrected chi connectivity index (χ3v) is 6.07. The molecular weight excluding hydrogens is 308 g/mol. The number of likely N-dealkylation sites (N-methyl/N-ethyl adjacent to an activating group) is 4. The average Bonchev–Trinajstić information content (AvgIpc) is 2.62. The zero-order valence-electron chi connectivity index (χ0n) is 18.1. The highest BCUT2D eigenvalue weighted by Gasteiger charge is 2.13. The van der Waals surface area contributed by atoms with Crippen LogP contribution in [0.15, 0.2) is 0 Å². The molecule has 3 aliphatic rings.